The minimum atomic E-state index is -0.977. The summed E-state index contributed by atoms with van der Waals surface area (Å²) in [5.74, 6) is -0.690. The highest BCUT2D eigenvalue weighted by atomic mass is 16.5. The quantitative estimate of drug-likeness (QED) is 0.810. The molecule has 0 aromatic heterocycles. The maximum Gasteiger partial charge on any atom is 0.305 e. The van der Waals surface area contributed by atoms with Crippen LogP contribution in [0, 0.1) is 0 Å². The molecular weight excluding hydrogens is 222 g/mol. The fourth-order valence-corrected chi connectivity index (χ4v) is 1.61. The molecule has 1 rings (SSSR count). The van der Waals surface area contributed by atoms with Crippen molar-refractivity contribution in [2.24, 2.45) is 0 Å². The van der Waals surface area contributed by atoms with E-state index in [-0.39, 0.29) is 12.3 Å². The summed E-state index contributed by atoms with van der Waals surface area (Å²) in [6.45, 7) is 1.35. The predicted molar refractivity (Wildman–Crippen MR) is 61.8 cm³/mol. The first kappa shape index (κ1) is 13.0. The van der Waals surface area contributed by atoms with Gasteiger partial charge >= 0.3 is 5.97 Å². The lowest BCUT2D eigenvalue weighted by Gasteiger charge is -2.18. The zero-order chi connectivity index (χ0) is 12.8. The van der Waals surface area contributed by atoms with Gasteiger partial charge in [0.1, 0.15) is 5.75 Å². The molecule has 0 saturated carbocycles. The number of methoxy groups -OCH3 is 1. The Morgan fingerprint density at radius 2 is 2.06 bits per heavy atom. The number of carboxylic acids is 1. The molecule has 1 aromatic rings. The molecule has 0 aliphatic carbocycles. The molecule has 0 spiro atoms. The second-order valence-electron chi connectivity index (χ2n) is 3.59. The Labute approximate surface area is 99.4 Å². The number of nitrogens with one attached hydrogen (secondary N) is 1. The molecule has 0 radical (unpaired) electrons. The van der Waals surface area contributed by atoms with Crippen LogP contribution in [0.25, 0.3) is 0 Å². The highest BCUT2D eigenvalue weighted by molar-refractivity contribution is 5.75. The Morgan fingerprint density at radius 3 is 2.59 bits per heavy atom. The molecule has 0 aliphatic heterocycles. The molecule has 1 aromatic carbocycles. The van der Waals surface area contributed by atoms with Gasteiger partial charge < -0.3 is 15.2 Å². The van der Waals surface area contributed by atoms with Gasteiger partial charge in [0.2, 0.25) is 5.91 Å². The van der Waals surface area contributed by atoms with Crippen LogP contribution in [0.2, 0.25) is 0 Å². The average molecular weight is 237 g/mol. The van der Waals surface area contributed by atoms with Gasteiger partial charge in [-0.1, -0.05) is 18.2 Å². The molecule has 1 atom stereocenters. The van der Waals surface area contributed by atoms with Crippen molar-refractivity contribution >= 4 is 11.9 Å². The number of para-hydroxylation sites is 1. The van der Waals surface area contributed by atoms with Crippen LogP contribution < -0.4 is 10.1 Å². The molecule has 5 nitrogen and oxygen atoms in total. The second kappa shape index (κ2) is 5.89. The van der Waals surface area contributed by atoms with E-state index >= 15 is 0 Å². The highest BCUT2D eigenvalue weighted by Gasteiger charge is 2.19. The van der Waals surface area contributed by atoms with E-state index in [1.54, 1.807) is 24.3 Å². The van der Waals surface area contributed by atoms with Gasteiger partial charge in [0, 0.05) is 12.5 Å². The van der Waals surface area contributed by atoms with Crippen molar-refractivity contribution in [2.45, 2.75) is 19.4 Å². The largest absolute Gasteiger partial charge is 0.496 e. The van der Waals surface area contributed by atoms with Gasteiger partial charge in [-0.15, -0.1) is 0 Å². The third-order valence-electron chi connectivity index (χ3n) is 2.27. The van der Waals surface area contributed by atoms with Crippen molar-refractivity contribution in [3.05, 3.63) is 29.8 Å². The SMILES string of the molecule is COc1ccccc1C(CC(=O)O)NC(C)=O. The van der Waals surface area contributed by atoms with Gasteiger partial charge in [-0.25, -0.2) is 0 Å². The number of rotatable bonds is 5. The molecule has 0 aliphatic rings. The van der Waals surface area contributed by atoms with Crippen molar-refractivity contribution < 1.29 is 19.4 Å². The van der Waals surface area contributed by atoms with Gasteiger partial charge in [0.05, 0.1) is 19.6 Å². The van der Waals surface area contributed by atoms with Crippen LogP contribution in [0.4, 0.5) is 0 Å². The summed E-state index contributed by atoms with van der Waals surface area (Å²) >= 11 is 0. The Kier molecular flexibility index (Phi) is 4.51. The van der Waals surface area contributed by atoms with E-state index in [4.69, 9.17) is 9.84 Å². The third kappa shape index (κ3) is 3.79. The molecule has 1 unspecified atom stereocenters. The smallest absolute Gasteiger partial charge is 0.305 e. The molecule has 92 valence electrons. The number of benzene rings is 1. The Hall–Kier alpha value is -2.04. The van der Waals surface area contributed by atoms with Gasteiger partial charge in [0.15, 0.2) is 0 Å². The summed E-state index contributed by atoms with van der Waals surface area (Å²) in [5, 5.41) is 11.4. The molecule has 2 N–H and O–H groups in total. The van der Waals surface area contributed by atoms with Crippen LogP contribution in [0.5, 0.6) is 5.75 Å². The lowest BCUT2D eigenvalue weighted by atomic mass is 10.0. The Balaban J connectivity index is 3.02. The number of amides is 1. The monoisotopic (exact) mass is 237 g/mol. The lowest BCUT2D eigenvalue weighted by Crippen LogP contribution is -2.28. The maximum atomic E-state index is 11.1. The normalized spacial score (nSPS) is 11.6. The minimum Gasteiger partial charge on any atom is -0.496 e. The molecule has 0 saturated heterocycles. The number of carbonyl (C=O) groups excluding carboxylic acids is 1. The highest BCUT2D eigenvalue weighted by Crippen LogP contribution is 2.26. The number of carbonyl (C=O) groups is 2. The van der Waals surface area contributed by atoms with Crippen LogP contribution in [0.3, 0.4) is 0 Å². The van der Waals surface area contributed by atoms with Gasteiger partial charge in [-0.2, -0.15) is 0 Å². The number of aliphatic carboxylic acids is 1. The van der Waals surface area contributed by atoms with Crippen molar-refractivity contribution in [3.8, 4) is 5.75 Å². The number of hydrogen-bond acceptors (Lipinski definition) is 3. The molecule has 17 heavy (non-hydrogen) atoms. The summed E-state index contributed by atoms with van der Waals surface area (Å²) in [6.07, 6.45) is -0.181. The van der Waals surface area contributed by atoms with Crippen molar-refractivity contribution in [3.63, 3.8) is 0 Å². The van der Waals surface area contributed by atoms with E-state index < -0.39 is 12.0 Å². The van der Waals surface area contributed by atoms with E-state index in [0.29, 0.717) is 11.3 Å². The van der Waals surface area contributed by atoms with Crippen LogP contribution in [0.15, 0.2) is 24.3 Å². The predicted octanol–water partition coefficient (Wildman–Crippen LogP) is 1.35. The fourth-order valence-electron chi connectivity index (χ4n) is 1.61. The lowest BCUT2D eigenvalue weighted by molar-refractivity contribution is -0.137. The van der Waals surface area contributed by atoms with Crippen molar-refractivity contribution in [1.29, 1.82) is 0 Å². The van der Waals surface area contributed by atoms with E-state index in [9.17, 15) is 9.59 Å². The third-order valence-corrected chi connectivity index (χ3v) is 2.27. The van der Waals surface area contributed by atoms with E-state index in [0.717, 1.165) is 0 Å². The summed E-state index contributed by atoms with van der Waals surface area (Å²) in [7, 11) is 1.50. The van der Waals surface area contributed by atoms with Crippen LogP contribution in [-0.4, -0.2) is 24.1 Å². The number of carboxylic acid groups (broad SMARTS) is 1. The first-order chi connectivity index (χ1) is 8.04. The van der Waals surface area contributed by atoms with E-state index in [1.165, 1.54) is 14.0 Å². The topological polar surface area (TPSA) is 75.6 Å². The molecule has 0 heterocycles. The molecule has 1 amide bonds. The molecular formula is C12H15NO4. The summed E-state index contributed by atoms with van der Waals surface area (Å²) in [4.78, 5) is 21.8. The van der Waals surface area contributed by atoms with Crippen LogP contribution in [0.1, 0.15) is 24.9 Å². The number of ether oxygens (including phenoxy) is 1. The fraction of sp³-hybridized carbons (Fsp3) is 0.333. The molecule has 0 fully saturated rings. The summed E-state index contributed by atoms with van der Waals surface area (Å²) < 4.78 is 5.15. The van der Waals surface area contributed by atoms with Gasteiger partial charge in [-0.05, 0) is 6.07 Å². The first-order valence-electron chi connectivity index (χ1n) is 5.16. The zero-order valence-corrected chi connectivity index (χ0v) is 9.77. The Bertz CT molecular complexity index is 401. The average Bonchev–Trinajstić information content (AvgIpc) is 2.27. The zero-order valence-electron chi connectivity index (χ0n) is 9.77. The second-order valence-corrected chi connectivity index (χ2v) is 3.59. The van der Waals surface area contributed by atoms with E-state index in [2.05, 4.69) is 5.32 Å². The van der Waals surface area contributed by atoms with E-state index in [1.807, 2.05) is 0 Å². The molecule has 0 bridgehead atoms. The minimum absolute atomic E-state index is 0.181. The van der Waals surface area contributed by atoms with Crippen molar-refractivity contribution in [2.75, 3.05) is 7.11 Å². The van der Waals surface area contributed by atoms with Gasteiger partial charge in [0.25, 0.3) is 0 Å². The van der Waals surface area contributed by atoms with Crippen LogP contribution >= 0.6 is 0 Å². The standard InChI is InChI=1S/C12H15NO4/c1-8(14)13-10(7-12(15)16)9-5-3-4-6-11(9)17-2/h3-6,10H,7H2,1-2H3,(H,13,14)(H,15,16). The van der Waals surface area contributed by atoms with Crippen molar-refractivity contribution in [1.82, 2.24) is 5.32 Å². The van der Waals surface area contributed by atoms with Crippen LogP contribution in [-0.2, 0) is 9.59 Å². The van der Waals surface area contributed by atoms with Gasteiger partial charge in [-0.3, -0.25) is 9.59 Å². The maximum absolute atomic E-state index is 11.1. The number of hydrogen-bond donors (Lipinski definition) is 2. The Morgan fingerprint density at radius 1 is 1.41 bits per heavy atom. The first-order valence-corrected chi connectivity index (χ1v) is 5.16. The molecule has 5 heteroatoms. The summed E-state index contributed by atoms with van der Waals surface area (Å²) in [6, 6.07) is 6.44. The summed E-state index contributed by atoms with van der Waals surface area (Å²) in [5.41, 5.74) is 0.660.